The lowest BCUT2D eigenvalue weighted by molar-refractivity contribution is 0.395. The largest absolute Gasteiger partial charge is 0.497 e. The Bertz CT molecular complexity index is 889. The SMILES string of the molecule is COc1ccc(N=Nc2c(C)nc3ccc(Cl)cn23)c(OC)c1. The molecule has 2 heterocycles. The minimum Gasteiger partial charge on any atom is -0.497 e. The highest BCUT2D eigenvalue weighted by atomic mass is 35.5. The topological polar surface area (TPSA) is 60.5 Å². The van der Waals surface area contributed by atoms with Crippen molar-refractivity contribution in [1.29, 1.82) is 0 Å². The predicted octanol–water partition coefficient (Wildman–Crippen LogP) is 4.73. The maximum atomic E-state index is 6.04. The van der Waals surface area contributed by atoms with Crippen molar-refractivity contribution in [3.63, 3.8) is 0 Å². The highest BCUT2D eigenvalue weighted by molar-refractivity contribution is 6.30. The number of ether oxygens (including phenoxy) is 2. The molecule has 2 aromatic heterocycles. The molecular weight excluding hydrogens is 316 g/mol. The second-order valence-electron chi connectivity index (χ2n) is 4.83. The zero-order valence-corrected chi connectivity index (χ0v) is 13.7. The van der Waals surface area contributed by atoms with Crippen molar-refractivity contribution in [2.24, 2.45) is 10.2 Å². The smallest absolute Gasteiger partial charge is 0.182 e. The van der Waals surface area contributed by atoms with Gasteiger partial charge in [0.1, 0.15) is 22.8 Å². The number of aromatic nitrogens is 2. The van der Waals surface area contributed by atoms with Gasteiger partial charge >= 0.3 is 0 Å². The molecule has 0 aliphatic heterocycles. The summed E-state index contributed by atoms with van der Waals surface area (Å²) < 4.78 is 12.3. The van der Waals surface area contributed by atoms with E-state index in [1.54, 1.807) is 49.1 Å². The first kappa shape index (κ1) is 15.3. The third kappa shape index (κ3) is 2.98. The summed E-state index contributed by atoms with van der Waals surface area (Å²) in [5, 5.41) is 9.20. The van der Waals surface area contributed by atoms with Crippen molar-refractivity contribution in [2.75, 3.05) is 14.2 Å². The van der Waals surface area contributed by atoms with E-state index in [9.17, 15) is 0 Å². The number of aryl methyl sites for hydroxylation is 1. The lowest BCUT2D eigenvalue weighted by atomic mass is 10.3. The Morgan fingerprint density at radius 2 is 1.91 bits per heavy atom. The van der Waals surface area contributed by atoms with E-state index < -0.39 is 0 Å². The second kappa shape index (κ2) is 6.26. The molecule has 0 aliphatic rings. The maximum absolute atomic E-state index is 6.04. The van der Waals surface area contributed by atoms with Crippen LogP contribution < -0.4 is 9.47 Å². The van der Waals surface area contributed by atoms with Crippen LogP contribution in [0.5, 0.6) is 11.5 Å². The number of pyridine rings is 1. The molecule has 6 nitrogen and oxygen atoms in total. The molecule has 0 N–H and O–H groups in total. The van der Waals surface area contributed by atoms with Crippen molar-refractivity contribution in [2.45, 2.75) is 6.92 Å². The van der Waals surface area contributed by atoms with Crippen LogP contribution >= 0.6 is 11.6 Å². The van der Waals surface area contributed by atoms with E-state index in [1.807, 2.05) is 13.0 Å². The highest BCUT2D eigenvalue weighted by Crippen LogP contribution is 2.33. The summed E-state index contributed by atoms with van der Waals surface area (Å²) in [6, 6.07) is 8.97. The predicted molar refractivity (Wildman–Crippen MR) is 88.7 cm³/mol. The van der Waals surface area contributed by atoms with E-state index >= 15 is 0 Å². The number of benzene rings is 1. The molecule has 3 rings (SSSR count). The molecule has 0 aliphatic carbocycles. The van der Waals surface area contributed by atoms with E-state index in [0.717, 1.165) is 11.3 Å². The van der Waals surface area contributed by atoms with Crippen molar-refractivity contribution < 1.29 is 9.47 Å². The monoisotopic (exact) mass is 330 g/mol. The first-order valence-corrected chi connectivity index (χ1v) is 7.28. The normalized spacial score (nSPS) is 11.3. The Balaban J connectivity index is 2.03. The van der Waals surface area contributed by atoms with Crippen LogP contribution in [-0.4, -0.2) is 23.6 Å². The molecule has 0 saturated heterocycles. The van der Waals surface area contributed by atoms with Crippen LogP contribution in [-0.2, 0) is 0 Å². The third-order valence-electron chi connectivity index (χ3n) is 3.36. The van der Waals surface area contributed by atoms with Gasteiger partial charge in [-0.25, -0.2) is 4.98 Å². The van der Waals surface area contributed by atoms with Crippen LogP contribution in [0, 0.1) is 6.92 Å². The fourth-order valence-corrected chi connectivity index (χ4v) is 2.37. The van der Waals surface area contributed by atoms with E-state index in [0.29, 0.717) is 28.0 Å². The summed E-state index contributed by atoms with van der Waals surface area (Å²) in [5.41, 5.74) is 2.13. The number of fused-ring (bicyclic) bond motifs is 1. The molecule has 118 valence electrons. The standard InChI is InChI=1S/C16H15ClN4O2/c1-10-16(21-9-11(17)4-7-15(21)18-10)20-19-13-6-5-12(22-2)8-14(13)23-3/h4-9H,1-3H3. The fraction of sp³-hybridized carbons (Fsp3) is 0.188. The number of hydrogen-bond acceptors (Lipinski definition) is 5. The average molecular weight is 331 g/mol. The molecular formula is C16H15ClN4O2. The van der Waals surface area contributed by atoms with Gasteiger partial charge in [0.15, 0.2) is 5.82 Å². The van der Waals surface area contributed by atoms with Gasteiger partial charge in [-0.2, -0.15) is 0 Å². The number of methoxy groups -OCH3 is 2. The summed E-state index contributed by atoms with van der Waals surface area (Å²) in [6.45, 7) is 1.88. The van der Waals surface area contributed by atoms with Crippen LogP contribution in [0.25, 0.3) is 5.65 Å². The van der Waals surface area contributed by atoms with Crippen LogP contribution in [0.3, 0.4) is 0 Å². The molecule has 0 radical (unpaired) electrons. The Kier molecular flexibility index (Phi) is 4.16. The van der Waals surface area contributed by atoms with Crippen molar-refractivity contribution >= 4 is 28.8 Å². The van der Waals surface area contributed by atoms with Gasteiger partial charge in [-0.1, -0.05) is 11.6 Å². The van der Waals surface area contributed by atoms with Crippen LogP contribution in [0.4, 0.5) is 11.5 Å². The molecule has 3 aromatic rings. The minimum absolute atomic E-state index is 0.581. The van der Waals surface area contributed by atoms with Gasteiger partial charge in [0.05, 0.1) is 24.9 Å². The number of azo groups is 1. The van der Waals surface area contributed by atoms with E-state index in [1.165, 1.54) is 0 Å². The first-order chi connectivity index (χ1) is 11.1. The maximum Gasteiger partial charge on any atom is 0.182 e. The lowest BCUT2D eigenvalue weighted by Gasteiger charge is -2.06. The number of nitrogens with zero attached hydrogens (tertiary/aromatic N) is 4. The van der Waals surface area contributed by atoms with Crippen LogP contribution in [0.2, 0.25) is 5.02 Å². The Morgan fingerprint density at radius 1 is 1.09 bits per heavy atom. The average Bonchev–Trinajstić information content (AvgIpc) is 2.87. The summed E-state index contributed by atoms with van der Waals surface area (Å²) in [7, 11) is 3.18. The van der Waals surface area contributed by atoms with Crippen molar-refractivity contribution in [3.8, 4) is 11.5 Å². The van der Waals surface area contributed by atoms with Gasteiger partial charge in [0, 0.05) is 12.3 Å². The molecule has 0 atom stereocenters. The molecule has 0 unspecified atom stereocenters. The molecule has 1 aromatic carbocycles. The quantitative estimate of drug-likeness (QED) is 0.650. The number of halogens is 1. The Hall–Kier alpha value is -2.60. The van der Waals surface area contributed by atoms with Gasteiger partial charge in [0.2, 0.25) is 0 Å². The number of rotatable bonds is 4. The van der Waals surface area contributed by atoms with Gasteiger partial charge in [0.25, 0.3) is 0 Å². The number of hydrogen-bond donors (Lipinski definition) is 0. The Morgan fingerprint density at radius 3 is 2.65 bits per heavy atom. The first-order valence-electron chi connectivity index (χ1n) is 6.90. The Labute approximate surface area is 138 Å². The third-order valence-corrected chi connectivity index (χ3v) is 3.59. The molecule has 0 amide bonds. The van der Waals surface area contributed by atoms with Gasteiger partial charge in [-0.05, 0) is 31.2 Å². The molecule has 0 bridgehead atoms. The van der Waals surface area contributed by atoms with Crippen molar-refractivity contribution in [1.82, 2.24) is 9.38 Å². The molecule has 0 saturated carbocycles. The zero-order chi connectivity index (χ0) is 16.4. The van der Waals surface area contributed by atoms with Crippen LogP contribution in [0.15, 0.2) is 46.8 Å². The summed E-state index contributed by atoms with van der Waals surface area (Å²) >= 11 is 6.04. The minimum atomic E-state index is 0.581. The lowest BCUT2D eigenvalue weighted by Crippen LogP contribution is -1.87. The highest BCUT2D eigenvalue weighted by Gasteiger charge is 2.09. The molecule has 7 heteroatoms. The van der Waals surface area contributed by atoms with E-state index in [4.69, 9.17) is 21.1 Å². The van der Waals surface area contributed by atoms with Gasteiger partial charge in [-0.3, -0.25) is 4.40 Å². The van der Waals surface area contributed by atoms with Gasteiger partial charge in [-0.15, -0.1) is 10.2 Å². The molecule has 0 spiro atoms. The van der Waals surface area contributed by atoms with E-state index in [-0.39, 0.29) is 0 Å². The summed E-state index contributed by atoms with van der Waals surface area (Å²) in [4.78, 5) is 4.44. The zero-order valence-electron chi connectivity index (χ0n) is 12.9. The van der Waals surface area contributed by atoms with E-state index in [2.05, 4.69) is 15.2 Å². The second-order valence-corrected chi connectivity index (χ2v) is 5.27. The summed E-state index contributed by atoms with van der Waals surface area (Å²) in [5.74, 6) is 1.90. The van der Waals surface area contributed by atoms with Gasteiger partial charge < -0.3 is 9.47 Å². The molecule has 23 heavy (non-hydrogen) atoms. The summed E-state index contributed by atoms with van der Waals surface area (Å²) in [6.07, 6.45) is 1.76. The fourth-order valence-electron chi connectivity index (χ4n) is 2.21. The number of imidazole rings is 1. The van der Waals surface area contributed by atoms with Crippen LogP contribution in [0.1, 0.15) is 5.69 Å². The molecule has 0 fully saturated rings. The van der Waals surface area contributed by atoms with Crippen molar-refractivity contribution in [3.05, 3.63) is 47.2 Å².